The van der Waals surface area contributed by atoms with E-state index in [0.29, 0.717) is 4.47 Å². The van der Waals surface area contributed by atoms with Crippen molar-refractivity contribution in [2.45, 2.75) is 12.5 Å². The van der Waals surface area contributed by atoms with E-state index in [1.807, 2.05) is 24.6 Å². The average Bonchev–Trinajstić information content (AvgIpc) is 2.89. The Morgan fingerprint density at radius 2 is 2.26 bits per heavy atom. The van der Waals surface area contributed by atoms with E-state index in [1.165, 1.54) is 10.9 Å². The molecule has 1 aromatic heterocycles. The predicted molar refractivity (Wildman–Crippen MR) is 80.5 cm³/mol. The topological polar surface area (TPSA) is 21.3 Å². The molecule has 0 spiro atoms. The number of hydrogen-bond acceptors (Lipinski definition) is 3. The molecule has 0 saturated carbocycles. The van der Waals surface area contributed by atoms with Crippen molar-refractivity contribution in [3.8, 4) is 5.75 Å². The summed E-state index contributed by atoms with van der Waals surface area (Å²) in [4.78, 5) is 1.18. The van der Waals surface area contributed by atoms with Gasteiger partial charge in [-0.25, -0.2) is 4.39 Å². The summed E-state index contributed by atoms with van der Waals surface area (Å²) in [5, 5.41) is 5.24. The van der Waals surface area contributed by atoms with Gasteiger partial charge in [0.1, 0.15) is 11.6 Å². The molecule has 1 heterocycles. The first kappa shape index (κ1) is 14.5. The number of thiophene rings is 1. The van der Waals surface area contributed by atoms with Crippen LogP contribution in [-0.2, 0) is 6.42 Å². The fourth-order valence-corrected chi connectivity index (χ4v) is 3.29. The molecule has 2 aromatic rings. The maximum atomic E-state index is 13.5. The molecule has 1 N–H and O–H groups in total. The third kappa shape index (κ3) is 3.35. The van der Waals surface area contributed by atoms with Crippen molar-refractivity contribution in [3.63, 3.8) is 0 Å². The summed E-state index contributed by atoms with van der Waals surface area (Å²) >= 11 is 4.94. The number of ether oxygens (including phenoxy) is 1. The van der Waals surface area contributed by atoms with Crippen LogP contribution in [0.5, 0.6) is 5.75 Å². The molecule has 1 aromatic carbocycles. The van der Waals surface area contributed by atoms with Gasteiger partial charge in [-0.15, -0.1) is 11.3 Å². The Morgan fingerprint density at radius 1 is 1.47 bits per heavy atom. The molecule has 0 fully saturated rings. The van der Waals surface area contributed by atoms with Crippen LogP contribution in [0.25, 0.3) is 0 Å². The SMILES string of the molecule is CNC(Cc1cccc(F)c1Br)c1cc(OC)cs1. The maximum absolute atomic E-state index is 13.5. The minimum Gasteiger partial charge on any atom is -0.496 e. The zero-order valence-electron chi connectivity index (χ0n) is 10.7. The zero-order chi connectivity index (χ0) is 13.8. The van der Waals surface area contributed by atoms with Gasteiger partial charge in [0.15, 0.2) is 0 Å². The molecule has 1 atom stereocenters. The number of hydrogen-bond donors (Lipinski definition) is 1. The van der Waals surface area contributed by atoms with Gasteiger partial charge in [0.25, 0.3) is 0 Å². The van der Waals surface area contributed by atoms with Crippen molar-refractivity contribution < 1.29 is 9.13 Å². The van der Waals surface area contributed by atoms with Crippen molar-refractivity contribution in [1.29, 1.82) is 0 Å². The second-order valence-corrected chi connectivity index (χ2v) is 5.88. The Balaban J connectivity index is 2.21. The lowest BCUT2D eigenvalue weighted by Crippen LogP contribution is -2.18. The first-order valence-electron chi connectivity index (χ1n) is 5.88. The largest absolute Gasteiger partial charge is 0.496 e. The molecule has 0 aliphatic heterocycles. The van der Waals surface area contributed by atoms with E-state index in [2.05, 4.69) is 21.2 Å². The quantitative estimate of drug-likeness (QED) is 0.879. The van der Waals surface area contributed by atoms with Crippen LogP contribution in [0.1, 0.15) is 16.5 Å². The minimum atomic E-state index is -0.226. The first-order chi connectivity index (χ1) is 9.15. The smallest absolute Gasteiger partial charge is 0.137 e. The summed E-state index contributed by atoms with van der Waals surface area (Å²) in [5.41, 5.74) is 0.951. The third-order valence-electron chi connectivity index (χ3n) is 2.98. The highest BCUT2D eigenvalue weighted by Crippen LogP contribution is 2.31. The molecule has 0 aliphatic rings. The highest BCUT2D eigenvalue weighted by Gasteiger charge is 2.15. The lowest BCUT2D eigenvalue weighted by atomic mass is 10.0. The summed E-state index contributed by atoms with van der Waals surface area (Å²) in [6, 6.07) is 7.28. The predicted octanol–water partition coefficient (Wildman–Crippen LogP) is 4.16. The minimum absolute atomic E-state index is 0.145. The van der Waals surface area contributed by atoms with Gasteiger partial charge in [-0.3, -0.25) is 0 Å². The van der Waals surface area contributed by atoms with Crippen LogP contribution >= 0.6 is 27.3 Å². The van der Waals surface area contributed by atoms with E-state index in [4.69, 9.17) is 4.74 Å². The van der Waals surface area contributed by atoms with Gasteiger partial charge in [0.05, 0.1) is 11.6 Å². The van der Waals surface area contributed by atoms with Crippen LogP contribution in [0, 0.1) is 5.82 Å². The third-order valence-corrected chi connectivity index (χ3v) is 4.89. The van der Waals surface area contributed by atoms with E-state index in [1.54, 1.807) is 24.5 Å². The first-order valence-corrected chi connectivity index (χ1v) is 7.55. The monoisotopic (exact) mass is 343 g/mol. The summed E-state index contributed by atoms with van der Waals surface area (Å²) in [7, 11) is 3.56. The molecular weight excluding hydrogens is 329 g/mol. The molecule has 5 heteroatoms. The lowest BCUT2D eigenvalue weighted by molar-refractivity contribution is 0.416. The molecule has 0 bridgehead atoms. The number of benzene rings is 1. The molecule has 102 valence electrons. The van der Waals surface area contributed by atoms with Crippen molar-refractivity contribution in [3.05, 3.63) is 50.4 Å². The molecule has 0 amide bonds. The van der Waals surface area contributed by atoms with E-state index >= 15 is 0 Å². The molecule has 0 aliphatic carbocycles. The normalized spacial score (nSPS) is 12.4. The number of likely N-dealkylation sites (N-methyl/N-ethyl adjacent to an activating group) is 1. The maximum Gasteiger partial charge on any atom is 0.137 e. The molecule has 2 rings (SSSR count). The summed E-state index contributed by atoms with van der Waals surface area (Å²) in [6.45, 7) is 0. The van der Waals surface area contributed by atoms with Gasteiger partial charge in [0.2, 0.25) is 0 Å². The van der Waals surface area contributed by atoms with Crippen molar-refractivity contribution >= 4 is 27.3 Å². The molecular formula is C14H15BrFNOS. The van der Waals surface area contributed by atoms with Crippen LogP contribution in [-0.4, -0.2) is 14.2 Å². The Labute approximate surface area is 124 Å². The van der Waals surface area contributed by atoms with Gasteiger partial charge in [-0.2, -0.15) is 0 Å². The molecule has 2 nitrogen and oxygen atoms in total. The van der Waals surface area contributed by atoms with Crippen LogP contribution in [0.4, 0.5) is 4.39 Å². The van der Waals surface area contributed by atoms with Gasteiger partial charge >= 0.3 is 0 Å². The number of methoxy groups -OCH3 is 1. The number of rotatable bonds is 5. The second kappa shape index (κ2) is 6.50. The Bertz CT molecular complexity index is 558. The van der Waals surface area contributed by atoms with Crippen molar-refractivity contribution in [1.82, 2.24) is 5.32 Å². The van der Waals surface area contributed by atoms with Crippen LogP contribution < -0.4 is 10.1 Å². The summed E-state index contributed by atoms with van der Waals surface area (Å²) in [6.07, 6.45) is 0.721. The number of halogens is 2. The summed E-state index contributed by atoms with van der Waals surface area (Å²) in [5.74, 6) is 0.634. The summed E-state index contributed by atoms with van der Waals surface area (Å²) < 4.78 is 19.2. The van der Waals surface area contributed by atoms with Crippen LogP contribution in [0.15, 0.2) is 34.1 Å². The Hall–Kier alpha value is -0.910. The molecule has 0 radical (unpaired) electrons. The van der Waals surface area contributed by atoms with Gasteiger partial charge in [0, 0.05) is 16.3 Å². The van der Waals surface area contributed by atoms with E-state index < -0.39 is 0 Å². The molecule has 0 saturated heterocycles. The average molecular weight is 344 g/mol. The molecule has 1 unspecified atom stereocenters. The zero-order valence-corrected chi connectivity index (χ0v) is 13.1. The van der Waals surface area contributed by atoms with E-state index in [0.717, 1.165) is 17.7 Å². The fourth-order valence-electron chi connectivity index (χ4n) is 1.90. The Kier molecular flexibility index (Phi) is 4.96. The molecule has 19 heavy (non-hydrogen) atoms. The van der Waals surface area contributed by atoms with Gasteiger partial charge < -0.3 is 10.1 Å². The lowest BCUT2D eigenvalue weighted by Gasteiger charge is -2.15. The van der Waals surface area contributed by atoms with Gasteiger partial charge in [-0.1, -0.05) is 12.1 Å². The standard InChI is InChI=1S/C14H15BrFNOS/c1-17-12(13-7-10(18-2)8-19-13)6-9-4-3-5-11(16)14(9)15/h3-5,7-8,12,17H,6H2,1-2H3. The van der Waals surface area contributed by atoms with Crippen LogP contribution in [0.3, 0.4) is 0 Å². The highest BCUT2D eigenvalue weighted by molar-refractivity contribution is 9.10. The highest BCUT2D eigenvalue weighted by atomic mass is 79.9. The van der Waals surface area contributed by atoms with Crippen molar-refractivity contribution in [2.75, 3.05) is 14.2 Å². The van der Waals surface area contributed by atoms with E-state index in [9.17, 15) is 4.39 Å². The number of nitrogens with one attached hydrogen (secondary N) is 1. The fraction of sp³-hybridized carbons (Fsp3) is 0.286. The second-order valence-electron chi connectivity index (χ2n) is 4.15. The van der Waals surface area contributed by atoms with E-state index in [-0.39, 0.29) is 11.9 Å². The van der Waals surface area contributed by atoms with Crippen LogP contribution in [0.2, 0.25) is 0 Å². The Morgan fingerprint density at radius 3 is 2.89 bits per heavy atom. The van der Waals surface area contributed by atoms with Crippen molar-refractivity contribution in [2.24, 2.45) is 0 Å². The van der Waals surface area contributed by atoms with Gasteiger partial charge in [-0.05, 0) is 47.1 Å².